The fraction of sp³-hybridized carbons (Fsp3) is 0.818. The van der Waals surface area contributed by atoms with Crippen LogP contribution in [0.1, 0.15) is 19.8 Å². The summed E-state index contributed by atoms with van der Waals surface area (Å²) < 4.78 is 0. The van der Waals surface area contributed by atoms with Crippen molar-refractivity contribution in [3.05, 3.63) is 0 Å². The molecule has 0 saturated carbocycles. The van der Waals surface area contributed by atoms with E-state index >= 15 is 0 Å². The topological polar surface area (TPSA) is 66.6 Å². The van der Waals surface area contributed by atoms with Gasteiger partial charge in [-0.15, -0.1) is 0 Å². The molecule has 2 heterocycles. The Balaban J connectivity index is 2.04. The molecule has 2 aliphatic heterocycles. The van der Waals surface area contributed by atoms with Gasteiger partial charge in [0.15, 0.2) is 0 Å². The first kappa shape index (κ1) is 11.4. The van der Waals surface area contributed by atoms with Crippen LogP contribution in [0.4, 0.5) is 0 Å². The van der Waals surface area contributed by atoms with Gasteiger partial charge in [0.25, 0.3) is 0 Å². The van der Waals surface area contributed by atoms with E-state index in [2.05, 4.69) is 11.9 Å². The van der Waals surface area contributed by atoms with Gasteiger partial charge >= 0.3 is 0 Å². The molecule has 0 aromatic rings. The molecular formula is C11H19N3O2. The largest absolute Gasteiger partial charge is 0.368 e. The van der Waals surface area contributed by atoms with Gasteiger partial charge in [-0.1, -0.05) is 0 Å². The molecule has 1 unspecified atom stereocenters. The summed E-state index contributed by atoms with van der Waals surface area (Å²) >= 11 is 0. The van der Waals surface area contributed by atoms with Crippen molar-refractivity contribution in [2.24, 2.45) is 11.1 Å². The van der Waals surface area contributed by atoms with E-state index in [1.54, 1.807) is 4.90 Å². The Labute approximate surface area is 95.6 Å². The standard InChI is InChI=1S/C11H19N3O2/c1-8-11(3-5-13(2)6-4-11)10(16)14(8)7-9(12)15/h8H,3-7H2,1-2H3,(H2,12,15). The van der Waals surface area contributed by atoms with E-state index in [1.165, 1.54) is 0 Å². The van der Waals surface area contributed by atoms with Crippen molar-refractivity contribution < 1.29 is 9.59 Å². The van der Waals surface area contributed by atoms with Gasteiger partial charge < -0.3 is 15.5 Å². The van der Waals surface area contributed by atoms with E-state index < -0.39 is 5.91 Å². The lowest BCUT2D eigenvalue weighted by Crippen LogP contribution is -2.71. The molecule has 0 aliphatic carbocycles. The molecule has 0 radical (unpaired) electrons. The fourth-order valence-corrected chi connectivity index (χ4v) is 2.90. The van der Waals surface area contributed by atoms with E-state index in [0.29, 0.717) is 0 Å². The van der Waals surface area contributed by atoms with Crippen LogP contribution in [0.2, 0.25) is 0 Å². The van der Waals surface area contributed by atoms with Crippen LogP contribution in [0.15, 0.2) is 0 Å². The van der Waals surface area contributed by atoms with Gasteiger partial charge in [-0.05, 0) is 39.9 Å². The molecule has 2 saturated heterocycles. The molecule has 16 heavy (non-hydrogen) atoms. The van der Waals surface area contributed by atoms with Gasteiger partial charge in [0.2, 0.25) is 11.8 Å². The Hall–Kier alpha value is -1.10. The molecule has 0 aromatic heterocycles. The zero-order valence-corrected chi connectivity index (χ0v) is 9.90. The SMILES string of the molecule is CC1N(CC(N)=O)C(=O)C12CCN(C)CC2. The van der Waals surface area contributed by atoms with Crippen molar-refractivity contribution in [3.8, 4) is 0 Å². The molecule has 5 heteroatoms. The van der Waals surface area contributed by atoms with Crippen LogP contribution in [0.3, 0.4) is 0 Å². The number of hydrogen-bond acceptors (Lipinski definition) is 3. The van der Waals surface area contributed by atoms with Gasteiger partial charge in [-0.3, -0.25) is 9.59 Å². The molecular weight excluding hydrogens is 206 g/mol. The van der Waals surface area contributed by atoms with Crippen molar-refractivity contribution in [1.29, 1.82) is 0 Å². The van der Waals surface area contributed by atoms with Crippen molar-refractivity contribution >= 4 is 11.8 Å². The molecule has 2 amide bonds. The highest BCUT2D eigenvalue weighted by Crippen LogP contribution is 2.46. The van der Waals surface area contributed by atoms with Crippen molar-refractivity contribution in [1.82, 2.24) is 9.80 Å². The number of nitrogens with zero attached hydrogens (tertiary/aromatic N) is 2. The third-order valence-electron chi connectivity index (χ3n) is 4.16. The number of carbonyl (C=O) groups excluding carboxylic acids is 2. The van der Waals surface area contributed by atoms with Crippen molar-refractivity contribution in [3.63, 3.8) is 0 Å². The summed E-state index contributed by atoms with van der Waals surface area (Å²) in [7, 11) is 2.07. The van der Waals surface area contributed by atoms with E-state index in [0.717, 1.165) is 25.9 Å². The third kappa shape index (κ3) is 1.50. The van der Waals surface area contributed by atoms with Gasteiger partial charge in [0.05, 0.1) is 12.0 Å². The molecule has 0 bridgehead atoms. The number of carbonyl (C=O) groups is 2. The smallest absolute Gasteiger partial charge is 0.237 e. The normalized spacial score (nSPS) is 29.2. The van der Waals surface area contributed by atoms with E-state index in [4.69, 9.17) is 5.73 Å². The predicted molar refractivity (Wildman–Crippen MR) is 59.5 cm³/mol. The van der Waals surface area contributed by atoms with Crippen LogP contribution in [0, 0.1) is 5.41 Å². The number of rotatable bonds is 2. The summed E-state index contributed by atoms with van der Waals surface area (Å²) in [5.74, 6) is -0.310. The first-order valence-corrected chi connectivity index (χ1v) is 5.75. The van der Waals surface area contributed by atoms with Crippen LogP contribution in [-0.2, 0) is 9.59 Å². The number of nitrogens with two attached hydrogens (primary N) is 1. The Bertz CT molecular complexity index is 321. The monoisotopic (exact) mass is 225 g/mol. The lowest BCUT2D eigenvalue weighted by atomic mass is 9.65. The van der Waals surface area contributed by atoms with Crippen LogP contribution < -0.4 is 5.73 Å². The minimum Gasteiger partial charge on any atom is -0.368 e. The van der Waals surface area contributed by atoms with Crippen molar-refractivity contribution in [2.45, 2.75) is 25.8 Å². The molecule has 0 aromatic carbocycles. The van der Waals surface area contributed by atoms with E-state index in [1.807, 2.05) is 6.92 Å². The van der Waals surface area contributed by atoms with Crippen LogP contribution in [0.5, 0.6) is 0 Å². The molecule has 90 valence electrons. The molecule has 5 nitrogen and oxygen atoms in total. The number of likely N-dealkylation sites (tertiary alicyclic amines) is 2. The zero-order valence-electron chi connectivity index (χ0n) is 9.90. The van der Waals surface area contributed by atoms with Gasteiger partial charge in [-0.25, -0.2) is 0 Å². The Morgan fingerprint density at radius 2 is 2.06 bits per heavy atom. The summed E-state index contributed by atoms with van der Waals surface area (Å²) in [6.07, 6.45) is 1.80. The second-order valence-corrected chi connectivity index (χ2v) is 5.03. The summed E-state index contributed by atoms with van der Waals surface area (Å²) in [5.41, 5.74) is 4.92. The van der Waals surface area contributed by atoms with Crippen molar-refractivity contribution in [2.75, 3.05) is 26.7 Å². The summed E-state index contributed by atoms with van der Waals surface area (Å²) in [5, 5.41) is 0. The first-order chi connectivity index (χ1) is 7.47. The van der Waals surface area contributed by atoms with Crippen LogP contribution >= 0.6 is 0 Å². The summed E-state index contributed by atoms with van der Waals surface area (Å²) in [6.45, 7) is 4.01. The molecule has 2 aliphatic rings. The van der Waals surface area contributed by atoms with E-state index in [-0.39, 0.29) is 23.9 Å². The fourth-order valence-electron chi connectivity index (χ4n) is 2.90. The zero-order chi connectivity index (χ0) is 11.9. The highest BCUT2D eigenvalue weighted by Gasteiger charge is 2.58. The maximum absolute atomic E-state index is 12.1. The molecule has 1 atom stereocenters. The number of piperidine rings is 1. The maximum Gasteiger partial charge on any atom is 0.237 e. The molecule has 2 fully saturated rings. The van der Waals surface area contributed by atoms with Gasteiger partial charge in [-0.2, -0.15) is 0 Å². The first-order valence-electron chi connectivity index (χ1n) is 5.75. The number of primary amides is 1. The van der Waals surface area contributed by atoms with Crippen LogP contribution in [-0.4, -0.2) is 54.3 Å². The Kier molecular flexibility index (Phi) is 2.66. The minimum absolute atomic E-state index is 0.0671. The van der Waals surface area contributed by atoms with Gasteiger partial charge in [0, 0.05) is 6.04 Å². The summed E-state index contributed by atoms with van der Waals surface area (Å²) in [4.78, 5) is 26.8. The molecule has 1 spiro atoms. The third-order valence-corrected chi connectivity index (χ3v) is 4.16. The molecule has 2 rings (SSSR count). The number of β-lactam (4-membered cyclic amide) rings is 1. The second kappa shape index (κ2) is 3.73. The second-order valence-electron chi connectivity index (χ2n) is 5.03. The Morgan fingerprint density at radius 3 is 2.50 bits per heavy atom. The summed E-state index contributed by atoms with van der Waals surface area (Å²) in [6, 6.07) is 0.154. The minimum atomic E-state index is -0.428. The Morgan fingerprint density at radius 1 is 1.50 bits per heavy atom. The highest BCUT2D eigenvalue weighted by atomic mass is 16.2. The highest BCUT2D eigenvalue weighted by molar-refractivity contribution is 5.93. The van der Waals surface area contributed by atoms with Gasteiger partial charge in [0.1, 0.15) is 0 Å². The lowest BCUT2D eigenvalue weighted by Gasteiger charge is -2.57. The van der Waals surface area contributed by atoms with Crippen LogP contribution in [0.25, 0.3) is 0 Å². The average Bonchev–Trinajstić information content (AvgIpc) is 2.26. The lowest BCUT2D eigenvalue weighted by molar-refractivity contribution is -0.177. The number of amides is 2. The maximum atomic E-state index is 12.1. The predicted octanol–water partition coefficient (Wildman–Crippen LogP) is -0.586. The molecule has 2 N–H and O–H groups in total. The quantitative estimate of drug-likeness (QED) is 0.639. The number of hydrogen-bond donors (Lipinski definition) is 1. The average molecular weight is 225 g/mol. The van der Waals surface area contributed by atoms with E-state index in [9.17, 15) is 9.59 Å².